The van der Waals surface area contributed by atoms with E-state index < -0.39 is 0 Å². The average molecular weight is 370 g/mol. The Morgan fingerprint density at radius 2 is 1.36 bits per heavy atom. The fourth-order valence-electron chi connectivity index (χ4n) is 3.84. The molecule has 1 atom stereocenters. The molecule has 140 valence electrons. The van der Waals surface area contributed by atoms with Gasteiger partial charge in [0.2, 0.25) is 5.91 Å². The van der Waals surface area contributed by atoms with Gasteiger partial charge in [-0.25, -0.2) is 0 Å². The number of rotatable bonds is 2. The van der Waals surface area contributed by atoms with Crippen LogP contribution in [0.1, 0.15) is 24.2 Å². The summed E-state index contributed by atoms with van der Waals surface area (Å²) < 4.78 is 0. The van der Waals surface area contributed by atoms with Gasteiger partial charge in [0.05, 0.1) is 17.4 Å². The van der Waals surface area contributed by atoms with Crippen LogP contribution in [0.5, 0.6) is 0 Å². The molecule has 28 heavy (non-hydrogen) atoms. The average Bonchev–Trinajstić information content (AvgIpc) is 2.73. The van der Waals surface area contributed by atoms with Crippen molar-refractivity contribution in [3.05, 3.63) is 84.4 Å². The summed E-state index contributed by atoms with van der Waals surface area (Å²) in [6.07, 6.45) is 0. The van der Waals surface area contributed by atoms with Crippen molar-refractivity contribution < 1.29 is 9.59 Å². The summed E-state index contributed by atoms with van der Waals surface area (Å²) in [5.41, 5.74) is 4.39. The highest BCUT2D eigenvalue weighted by Gasteiger charge is 2.33. The Morgan fingerprint density at radius 1 is 0.786 bits per heavy atom. The van der Waals surface area contributed by atoms with Crippen molar-refractivity contribution in [3.63, 3.8) is 0 Å². The molecule has 0 N–H and O–H groups in total. The predicted octanol–water partition coefficient (Wildman–Crippen LogP) is 4.76. The van der Waals surface area contributed by atoms with Crippen LogP contribution >= 0.6 is 0 Å². The number of amides is 2. The van der Waals surface area contributed by atoms with Crippen molar-refractivity contribution in [2.45, 2.75) is 19.9 Å². The lowest BCUT2D eigenvalue weighted by Gasteiger charge is -2.40. The molecule has 4 heteroatoms. The highest BCUT2D eigenvalue weighted by atomic mass is 16.2. The monoisotopic (exact) mass is 370 g/mol. The van der Waals surface area contributed by atoms with Gasteiger partial charge in [-0.1, -0.05) is 54.6 Å². The topological polar surface area (TPSA) is 40.6 Å². The quantitative estimate of drug-likeness (QED) is 0.653. The SMILES string of the molecule is CC(=O)N1c2ccccc2N(C(=O)c2ccc(-c3ccccc3)cc2)C[C@@H]1C. The highest BCUT2D eigenvalue weighted by molar-refractivity contribution is 6.10. The number of hydrogen-bond acceptors (Lipinski definition) is 2. The number of para-hydroxylation sites is 2. The molecule has 1 heterocycles. The first kappa shape index (κ1) is 18.0. The lowest BCUT2D eigenvalue weighted by molar-refractivity contribution is -0.117. The van der Waals surface area contributed by atoms with E-state index in [1.165, 1.54) is 0 Å². The number of anilines is 2. The number of benzene rings is 3. The summed E-state index contributed by atoms with van der Waals surface area (Å²) in [5, 5.41) is 0. The van der Waals surface area contributed by atoms with Crippen molar-refractivity contribution in [2.24, 2.45) is 0 Å². The summed E-state index contributed by atoms with van der Waals surface area (Å²) in [5.74, 6) is -0.0682. The summed E-state index contributed by atoms with van der Waals surface area (Å²) in [4.78, 5) is 28.9. The third kappa shape index (κ3) is 3.18. The van der Waals surface area contributed by atoms with E-state index in [0.29, 0.717) is 12.1 Å². The van der Waals surface area contributed by atoms with Crippen LogP contribution in [0.4, 0.5) is 11.4 Å². The van der Waals surface area contributed by atoms with Crippen LogP contribution in [0.3, 0.4) is 0 Å². The molecule has 0 aliphatic carbocycles. The maximum absolute atomic E-state index is 13.3. The minimum absolute atomic E-state index is 0.0146. The molecule has 0 spiro atoms. The molecule has 4 nitrogen and oxygen atoms in total. The van der Waals surface area contributed by atoms with Crippen LogP contribution in [0.15, 0.2) is 78.9 Å². The van der Waals surface area contributed by atoms with E-state index in [0.717, 1.165) is 22.5 Å². The molecule has 0 unspecified atom stereocenters. The van der Waals surface area contributed by atoms with Gasteiger partial charge in [0.25, 0.3) is 5.91 Å². The van der Waals surface area contributed by atoms with Gasteiger partial charge < -0.3 is 9.80 Å². The van der Waals surface area contributed by atoms with Crippen LogP contribution in [-0.4, -0.2) is 24.4 Å². The van der Waals surface area contributed by atoms with E-state index in [1.807, 2.05) is 73.7 Å². The fraction of sp³-hybridized carbons (Fsp3) is 0.167. The number of carbonyl (C=O) groups excluding carboxylic acids is 2. The van der Waals surface area contributed by atoms with Crippen molar-refractivity contribution in [1.29, 1.82) is 0 Å². The van der Waals surface area contributed by atoms with E-state index in [2.05, 4.69) is 12.1 Å². The molecule has 3 aromatic carbocycles. The Hall–Kier alpha value is -3.40. The summed E-state index contributed by atoms with van der Waals surface area (Å²) in [7, 11) is 0. The van der Waals surface area contributed by atoms with Gasteiger partial charge in [-0.2, -0.15) is 0 Å². The molecule has 4 rings (SSSR count). The maximum atomic E-state index is 13.3. The third-order valence-corrected chi connectivity index (χ3v) is 5.14. The Bertz CT molecular complexity index is 1010. The van der Waals surface area contributed by atoms with Crippen LogP contribution in [-0.2, 0) is 4.79 Å². The molecule has 2 amide bonds. The number of carbonyl (C=O) groups is 2. The van der Waals surface area contributed by atoms with Gasteiger partial charge in [0.15, 0.2) is 0 Å². The van der Waals surface area contributed by atoms with E-state index in [-0.39, 0.29) is 17.9 Å². The van der Waals surface area contributed by atoms with Gasteiger partial charge in [-0.3, -0.25) is 9.59 Å². The van der Waals surface area contributed by atoms with E-state index in [9.17, 15) is 9.59 Å². The second kappa shape index (κ2) is 7.31. The number of hydrogen-bond donors (Lipinski definition) is 0. The van der Waals surface area contributed by atoms with E-state index in [4.69, 9.17) is 0 Å². The lowest BCUT2D eigenvalue weighted by Crippen LogP contribution is -2.51. The fourth-order valence-corrected chi connectivity index (χ4v) is 3.84. The first-order valence-electron chi connectivity index (χ1n) is 9.42. The zero-order chi connectivity index (χ0) is 19.7. The van der Waals surface area contributed by atoms with Crippen LogP contribution < -0.4 is 9.80 Å². The molecular weight excluding hydrogens is 348 g/mol. The summed E-state index contributed by atoms with van der Waals surface area (Å²) >= 11 is 0. The highest BCUT2D eigenvalue weighted by Crippen LogP contribution is 2.36. The third-order valence-electron chi connectivity index (χ3n) is 5.14. The Balaban J connectivity index is 1.66. The lowest BCUT2D eigenvalue weighted by atomic mass is 10.0. The van der Waals surface area contributed by atoms with Crippen LogP contribution in [0, 0.1) is 0 Å². The molecule has 0 radical (unpaired) electrons. The molecule has 0 bridgehead atoms. The summed E-state index contributed by atoms with van der Waals surface area (Å²) in [6.45, 7) is 4.00. The maximum Gasteiger partial charge on any atom is 0.258 e. The second-order valence-electron chi connectivity index (χ2n) is 7.09. The smallest absolute Gasteiger partial charge is 0.258 e. The normalized spacial score (nSPS) is 15.9. The zero-order valence-electron chi connectivity index (χ0n) is 16.0. The molecular formula is C24H22N2O2. The van der Waals surface area contributed by atoms with Crippen molar-refractivity contribution in [3.8, 4) is 11.1 Å². The van der Waals surface area contributed by atoms with Gasteiger partial charge in [-0.05, 0) is 42.3 Å². The first-order valence-corrected chi connectivity index (χ1v) is 9.42. The predicted molar refractivity (Wildman–Crippen MR) is 113 cm³/mol. The van der Waals surface area contributed by atoms with E-state index >= 15 is 0 Å². The van der Waals surface area contributed by atoms with E-state index in [1.54, 1.807) is 16.7 Å². The van der Waals surface area contributed by atoms with Gasteiger partial charge >= 0.3 is 0 Å². The zero-order valence-corrected chi connectivity index (χ0v) is 16.0. The van der Waals surface area contributed by atoms with Crippen LogP contribution in [0.25, 0.3) is 11.1 Å². The number of fused-ring (bicyclic) bond motifs is 1. The van der Waals surface area contributed by atoms with Crippen molar-refractivity contribution in [2.75, 3.05) is 16.3 Å². The Kier molecular flexibility index (Phi) is 4.70. The number of nitrogens with zero attached hydrogens (tertiary/aromatic N) is 2. The van der Waals surface area contributed by atoms with Crippen molar-refractivity contribution in [1.82, 2.24) is 0 Å². The molecule has 0 saturated carbocycles. The standard InChI is InChI=1S/C24H22N2O2/c1-17-16-25(22-10-6-7-11-23(22)26(17)18(2)27)24(28)21-14-12-20(13-15-21)19-8-4-3-5-9-19/h3-15,17H,16H2,1-2H3/t17-/m0/s1. The van der Waals surface area contributed by atoms with Gasteiger partial charge in [0, 0.05) is 19.0 Å². The molecule has 0 fully saturated rings. The van der Waals surface area contributed by atoms with Gasteiger partial charge in [-0.15, -0.1) is 0 Å². The Morgan fingerprint density at radius 3 is 2.00 bits per heavy atom. The molecule has 1 aliphatic rings. The minimum atomic E-state index is -0.0834. The second-order valence-corrected chi connectivity index (χ2v) is 7.09. The van der Waals surface area contributed by atoms with Crippen LogP contribution in [0.2, 0.25) is 0 Å². The molecule has 0 aromatic heterocycles. The van der Waals surface area contributed by atoms with Crippen molar-refractivity contribution >= 4 is 23.2 Å². The van der Waals surface area contributed by atoms with Gasteiger partial charge in [0.1, 0.15) is 0 Å². The Labute approximate surface area is 165 Å². The largest absolute Gasteiger partial charge is 0.306 e. The first-order chi connectivity index (χ1) is 13.6. The molecule has 1 aliphatic heterocycles. The summed E-state index contributed by atoms with van der Waals surface area (Å²) in [6, 6.07) is 25.3. The molecule has 3 aromatic rings. The molecule has 0 saturated heterocycles. The minimum Gasteiger partial charge on any atom is -0.306 e.